The highest BCUT2D eigenvalue weighted by molar-refractivity contribution is 5.97. The maximum Gasteiger partial charge on any atom is 0.305 e. The minimum atomic E-state index is -0.209. The lowest BCUT2D eigenvalue weighted by molar-refractivity contribution is -0.146. The van der Waals surface area contributed by atoms with E-state index in [4.69, 9.17) is 4.74 Å². The van der Waals surface area contributed by atoms with E-state index in [2.05, 4.69) is 0 Å². The molecule has 0 aromatic rings. The van der Waals surface area contributed by atoms with Crippen LogP contribution in [0, 0.1) is 0 Å². The second kappa shape index (κ2) is 7.13. The number of carbonyl (C=O) groups is 3. The molecule has 1 fully saturated rings. The number of imide groups is 1. The van der Waals surface area contributed by atoms with Gasteiger partial charge in [0.15, 0.2) is 0 Å². The predicted octanol–water partition coefficient (Wildman–Crippen LogP) is 1.65. The highest BCUT2D eigenvalue weighted by Gasteiger charge is 2.34. The predicted molar refractivity (Wildman–Crippen MR) is 65.7 cm³/mol. The maximum atomic E-state index is 11.6. The van der Waals surface area contributed by atoms with Crippen LogP contribution < -0.4 is 0 Å². The van der Waals surface area contributed by atoms with Crippen LogP contribution in [0.15, 0.2) is 0 Å². The quantitative estimate of drug-likeness (QED) is 0.534. The van der Waals surface area contributed by atoms with Crippen LogP contribution in [0.2, 0.25) is 0 Å². The van der Waals surface area contributed by atoms with Crippen LogP contribution in [0.3, 0.4) is 0 Å². The van der Waals surface area contributed by atoms with Crippen LogP contribution in [-0.4, -0.2) is 35.3 Å². The molecule has 0 spiro atoms. The number of likely N-dealkylation sites (tertiary alicyclic amines) is 1. The van der Waals surface area contributed by atoms with Crippen molar-refractivity contribution in [3.8, 4) is 0 Å². The molecule has 0 bridgehead atoms. The van der Waals surface area contributed by atoms with E-state index in [9.17, 15) is 14.4 Å². The fraction of sp³-hybridized carbons (Fsp3) is 0.769. The summed E-state index contributed by atoms with van der Waals surface area (Å²) in [5.41, 5.74) is 0. The zero-order valence-corrected chi connectivity index (χ0v) is 11.1. The molecule has 1 unspecified atom stereocenters. The minimum absolute atomic E-state index is 0.00900. The first-order chi connectivity index (χ1) is 8.60. The van der Waals surface area contributed by atoms with Crippen LogP contribution in [0.25, 0.3) is 0 Å². The number of hydrogen-bond donors (Lipinski definition) is 0. The van der Waals surface area contributed by atoms with Crippen LogP contribution in [0.4, 0.5) is 0 Å². The molecule has 5 nitrogen and oxygen atoms in total. The molecular formula is C13H21NO4. The van der Waals surface area contributed by atoms with Gasteiger partial charge >= 0.3 is 5.97 Å². The van der Waals surface area contributed by atoms with E-state index >= 15 is 0 Å². The molecule has 1 saturated heterocycles. The summed E-state index contributed by atoms with van der Waals surface area (Å²) in [5, 5.41) is 0. The first-order valence-electron chi connectivity index (χ1n) is 6.60. The Labute approximate surface area is 107 Å². The zero-order valence-electron chi connectivity index (χ0n) is 11.1. The zero-order chi connectivity index (χ0) is 13.5. The van der Waals surface area contributed by atoms with Gasteiger partial charge in [0.25, 0.3) is 0 Å². The second-order valence-corrected chi connectivity index (χ2v) is 4.42. The van der Waals surface area contributed by atoms with E-state index in [0.29, 0.717) is 38.7 Å². The Bertz CT molecular complexity index is 327. The Morgan fingerprint density at radius 2 is 2.06 bits per heavy atom. The Balaban J connectivity index is 2.35. The SMILES string of the molecule is CCC(=O)OCCCC1CCC(=O)N1C(=O)CC. The summed E-state index contributed by atoms with van der Waals surface area (Å²) in [4.78, 5) is 35.6. The first-order valence-corrected chi connectivity index (χ1v) is 6.60. The van der Waals surface area contributed by atoms with E-state index in [0.717, 1.165) is 6.42 Å². The molecule has 1 atom stereocenters. The van der Waals surface area contributed by atoms with Gasteiger partial charge in [-0.25, -0.2) is 0 Å². The van der Waals surface area contributed by atoms with Crippen LogP contribution in [0.1, 0.15) is 52.4 Å². The molecule has 18 heavy (non-hydrogen) atoms. The lowest BCUT2D eigenvalue weighted by Crippen LogP contribution is -2.38. The number of hydrogen-bond acceptors (Lipinski definition) is 4. The van der Waals surface area contributed by atoms with Gasteiger partial charge in [0.1, 0.15) is 0 Å². The molecule has 0 aliphatic carbocycles. The van der Waals surface area contributed by atoms with Gasteiger partial charge in [0.05, 0.1) is 6.61 Å². The molecule has 1 rings (SSSR count). The average molecular weight is 255 g/mol. The van der Waals surface area contributed by atoms with Crippen molar-refractivity contribution in [3.05, 3.63) is 0 Å². The topological polar surface area (TPSA) is 63.7 Å². The molecule has 0 N–H and O–H groups in total. The summed E-state index contributed by atoms with van der Waals surface area (Å²) in [6.45, 7) is 3.87. The van der Waals surface area contributed by atoms with Gasteiger partial charge in [-0.05, 0) is 19.3 Å². The van der Waals surface area contributed by atoms with Crippen molar-refractivity contribution in [1.29, 1.82) is 0 Å². The molecule has 1 aliphatic heterocycles. The molecule has 0 saturated carbocycles. The van der Waals surface area contributed by atoms with E-state index in [1.54, 1.807) is 13.8 Å². The van der Waals surface area contributed by atoms with Gasteiger partial charge in [-0.1, -0.05) is 13.8 Å². The largest absolute Gasteiger partial charge is 0.466 e. The third-order valence-corrected chi connectivity index (χ3v) is 3.13. The summed E-state index contributed by atoms with van der Waals surface area (Å²) < 4.78 is 4.97. The molecule has 1 heterocycles. The van der Waals surface area contributed by atoms with Crippen LogP contribution in [-0.2, 0) is 19.1 Å². The molecule has 0 radical (unpaired) electrons. The molecule has 0 aromatic heterocycles. The smallest absolute Gasteiger partial charge is 0.305 e. The van der Waals surface area contributed by atoms with Crippen molar-refractivity contribution in [2.75, 3.05) is 6.61 Å². The molecule has 1 aliphatic rings. The van der Waals surface area contributed by atoms with Gasteiger partial charge in [-0.15, -0.1) is 0 Å². The van der Waals surface area contributed by atoms with Crippen molar-refractivity contribution in [1.82, 2.24) is 4.90 Å². The van der Waals surface area contributed by atoms with Crippen LogP contribution >= 0.6 is 0 Å². The number of ether oxygens (including phenoxy) is 1. The van der Waals surface area contributed by atoms with E-state index < -0.39 is 0 Å². The summed E-state index contributed by atoms with van der Waals surface area (Å²) >= 11 is 0. The van der Waals surface area contributed by atoms with Crippen molar-refractivity contribution in [2.45, 2.75) is 58.4 Å². The lowest BCUT2D eigenvalue weighted by Gasteiger charge is -2.22. The minimum Gasteiger partial charge on any atom is -0.466 e. The van der Waals surface area contributed by atoms with Gasteiger partial charge in [0.2, 0.25) is 11.8 Å². The fourth-order valence-corrected chi connectivity index (χ4v) is 2.14. The van der Waals surface area contributed by atoms with Crippen LogP contribution in [0.5, 0.6) is 0 Å². The number of esters is 1. The third-order valence-electron chi connectivity index (χ3n) is 3.13. The Kier molecular flexibility index (Phi) is 5.82. The van der Waals surface area contributed by atoms with Gasteiger partial charge < -0.3 is 4.74 Å². The molecule has 2 amide bonds. The highest BCUT2D eigenvalue weighted by atomic mass is 16.5. The third kappa shape index (κ3) is 3.82. The van der Waals surface area contributed by atoms with Crippen molar-refractivity contribution < 1.29 is 19.1 Å². The number of nitrogens with zero attached hydrogens (tertiary/aromatic N) is 1. The highest BCUT2D eigenvalue weighted by Crippen LogP contribution is 2.23. The molecule has 102 valence electrons. The van der Waals surface area contributed by atoms with E-state index in [1.165, 1.54) is 4.90 Å². The second-order valence-electron chi connectivity index (χ2n) is 4.42. The molecular weight excluding hydrogens is 234 g/mol. The summed E-state index contributed by atoms with van der Waals surface area (Å²) in [5.74, 6) is -0.385. The monoisotopic (exact) mass is 255 g/mol. The maximum absolute atomic E-state index is 11.6. The van der Waals surface area contributed by atoms with Crippen molar-refractivity contribution in [3.63, 3.8) is 0 Å². The van der Waals surface area contributed by atoms with E-state index in [-0.39, 0.29) is 23.8 Å². The van der Waals surface area contributed by atoms with Gasteiger partial charge in [-0.2, -0.15) is 0 Å². The molecule has 0 aromatic carbocycles. The average Bonchev–Trinajstić information content (AvgIpc) is 2.74. The summed E-state index contributed by atoms with van der Waals surface area (Å²) in [7, 11) is 0. The number of carbonyl (C=O) groups excluding carboxylic acids is 3. The lowest BCUT2D eigenvalue weighted by atomic mass is 10.1. The van der Waals surface area contributed by atoms with Crippen molar-refractivity contribution in [2.24, 2.45) is 0 Å². The van der Waals surface area contributed by atoms with Gasteiger partial charge in [0, 0.05) is 25.3 Å². The number of amides is 2. The normalized spacial score (nSPS) is 19.1. The van der Waals surface area contributed by atoms with Gasteiger partial charge in [-0.3, -0.25) is 19.3 Å². The Morgan fingerprint density at radius 3 is 2.67 bits per heavy atom. The Morgan fingerprint density at radius 1 is 1.33 bits per heavy atom. The number of rotatable bonds is 6. The standard InChI is InChI=1S/C13H21NO4/c1-3-11(15)14-10(7-8-12(14)16)6-5-9-18-13(17)4-2/h10H,3-9H2,1-2H3. The van der Waals surface area contributed by atoms with E-state index in [1.807, 2.05) is 0 Å². The summed E-state index contributed by atoms with van der Waals surface area (Å²) in [6.07, 6.45) is 3.32. The fourth-order valence-electron chi connectivity index (χ4n) is 2.14. The van der Waals surface area contributed by atoms with Crippen molar-refractivity contribution >= 4 is 17.8 Å². The molecule has 5 heteroatoms. The first kappa shape index (κ1) is 14.7. The Hall–Kier alpha value is -1.39. The summed E-state index contributed by atoms with van der Waals surface area (Å²) in [6, 6.07) is -0.00900.